The number of carboxylic acids is 1. The Morgan fingerprint density at radius 2 is 1.82 bits per heavy atom. The average Bonchev–Trinajstić information content (AvgIpc) is 3.34. The van der Waals surface area contributed by atoms with Crippen molar-refractivity contribution >= 4 is 38.8 Å². The van der Waals surface area contributed by atoms with Crippen LogP contribution in [0, 0.1) is 13.8 Å². The van der Waals surface area contributed by atoms with E-state index in [2.05, 4.69) is 59.4 Å². The van der Waals surface area contributed by atoms with Crippen LogP contribution in [-0.4, -0.2) is 38.9 Å². The Balaban J connectivity index is 1.80. The third-order valence-corrected chi connectivity index (χ3v) is 6.58. The zero-order valence-corrected chi connectivity index (χ0v) is 19.3. The molecule has 0 aliphatic heterocycles. The summed E-state index contributed by atoms with van der Waals surface area (Å²) >= 11 is 0. The molecule has 6 nitrogen and oxygen atoms in total. The quantitative estimate of drug-likeness (QED) is 0.362. The monoisotopic (exact) mass is 441 g/mol. The molecule has 2 heterocycles. The van der Waals surface area contributed by atoms with Gasteiger partial charge in [0.25, 0.3) is 0 Å². The molecule has 0 aliphatic rings. The summed E-state index contributed by atoms with van der Waals surface area (Å²) in [6.45, 7) is 8.21. The van der Waals surface area contributed by atoms with Gasteiger partial charge in [-0.2, -0.15) is 0 Å². The van der Waals surface area contributed by atoms with Crippen LogP contribution in [0.25, 0.3) is 44.2 Å². The van der Waals surface area contributed by atoms with E-state index in [4.69, 9.17) is 9.72 Å². The fourth-order valence-corrected chi connectivity index (χ4v) is 5.00. The van der Waals surface area contributed by atoms with Gasteiger partial charge in [0.15, 0.2) is 0 Å². The van der Waals surface area contributed by atoms with Gasteiger partial charge in [-0.25, -0.2) is 9.78 Å². The molecule has 33 heavy (non-hydrogen) atoms. The lowest BCUT2D eigenvalue weighted by molar-refractivity contribution is 0.0696. The van der Waals surface area contributed by atoms with Crippen LogP contribution in [0.3, 0.4) is 0 Å². The molecule has 0 aliphatic carbocycles. The zero-order chi connectivity index (χ0) is 23.3. The molecule has 0 bridgehead atoms. The minimum atomic E-state index is -0.938. The van der Waals surface area contributed by atoms with E-state index >= 15 is 0 Å². The summed E-state index contributed by atoms with van der Waals surface area (Å²) in [5.41, 5.74) is 7.32. The van der Waals surface area contributed by atoms with Gasteiger partial charge in [-0.15, -0.1) is 0 Å². The Kier molecular flexibility index (Phi) is 5.17. The van der Waals surface area contributed by atoms with Gasteiger partial charge in [-0.1, -0.05) is 18.2 Å². The second-order valence-corrected chi connectivity index (χ2v) is 8.44. The molecule has 0 saturated heterocycles. The predicted octanol–water partition coefficient (Wildman–Crippen LogP) is 5.79. The highest BCUT2D eigenvalue weighted by Crippen LogP contribution is 2.35. The summed E-state index contributed by atoms with van der Waals surface area (Å²) in [6, 6.07) is 16.4. The van der Waals surface area contributed by atoms with Gasteiger partial charge in [0, 0.05) is 42.1 Å². The second-order valence-electron chi connectivity index (χ2n) is 8.44. The third kappa shape index (κ3) is 3.21. The van der Waals surface area contributed by atoms with Gasteiger partial charge in [0.05, 0.1) is 28.7 Å². The molecule has 0 atom stereocenters. The van der Waals surface area contributed by atoms with Crippen LogP contribution in [0.1, 0.15) is 28.4 Å². The smallest absolute Gasteiger partial charge is 0.336 e. The number of methoxy groups -OCH3 is 1. The molecule has 0 fully saturated rings. The molecule has 6 heteroatoms. The molecular weight excluding hydrogens is 414 g/mol. The minimum absolute atomic E-state index is 0.280. The van der Waals surface area contributed by atoms with Crippen molar-refractivity contribution < 1.29 is 14.6 Å². The van der Waals surface area contributed by atoms with Crippen molar-refractivity contribution in [3.8, 4) is 11.4 Å². The minimum Gasteiger partial charge on any atom is -0.478 e. The number of hydrogen-bond donors (Lipinski definition) is 1. The molecular formula is C27H27N3O3. The number of aryl methyl sites for hydroxylation is 3. The van der Waals surface area contributed by atoms with Crippen molar-refractivity contribution in [1.82, 2.24) is 14.1 Å². The first-order valence-corrected chi connectivity index (χ1v) is 11.2. The average molecular weight is 442 g/mol. The molecule has 5 aromatic rings. The van der Waals surface area contributed by atoms with E-state index in [0.717, 1.165) is 23.4 Å². The topological polar surface area (TPSA) is 69.3 Å². The van der Waals surface area contributed by atoms with Crippen LogP contribution in [0.2, 0.25) is 0 Å². The van der Waals surface area contributed by atoms with Crippen LogP contribution < -0.4 is 0 Å². The number of aromatic nitrogens is 3. The van der Waals surface area contributed by atoms with Gasteiger partial charge in [0.2, 0.25) is 0 Å². The molecule has 0 radical (unpaired) electrons. The van der Waals surface area contributed by atoms with Crippen molar-refractivity contribution in [2.24, 2.45) is 0 Å². The summed E-state index contributed by atoms with van der Waals surface area (Å²) < 4.78 is 9.85. The lowest BCUT2D eigenvalue weighted by Gasteiger charge is -2.10. The third-order valence-electron chi connectivity index (χ3n) is 6.58. The van der Waals surface area contributed by atoms with Crippen molar-refractivity contribution in [2.75, 3.05) is 13.7 Å². The number of benzene rings is 3. The van der Waals surface area contributed by atoms with Crippen molar-refractivity contribution in [3.63, 3.8) is 0 Å². The molecule has 5 rings (SSSR count). The number of imidazole rings is 1. The van der Waals surface area contributed by atoms with Crippen molar-refractivity contribution in [1.29, 1.82) is 0 Å². The number of hydrogen-bond acceptors (Lipinski definition) is 3. The van der Waals surface area contributed by atoms with Crippen LogP contribution in [-0.2, 0) is 17.8 Å². The van der Waals surface area contributed by atoms with E-state index in [9.17, 15) is 9.90 Å². The highest BCUT2D eigenvalue weighted by molar-refractivity contribution is 6.10. The van der Waals surface area contributed by atoms with E-state index in [1.807, 2.05) is 13.0 Å². The number of carbonyl (C=O) groups is 1. The number of fused-ring (bicyclic) bond motifs is 4. The van der Waals surface area contributed by atoms with Gasteiger partial charge in [0.1, 0.15) is 5.82 Å². The maximum absolute atomic E-state index is 11.7. The number of rotatable bonds is 6. The van der Waals surface area contributed by atoms with E-state index in [0.29, 0.717) is 24.2 Å². The number of ether oxygens (including phenoxy) is 1. The van der Waals surface area contributed by atoms with Crippen LogP contribution in [0.4, 0.5) is 0 Å². The van der Waals surface area contributed by atoms with Crippen molar-refractivity contribution in [3.05, 3.63) is 65.2 Å². The second kappa shape index (κ2) is 8.05. The van der Waals surface area contributed by atoms with E-state index < -0.39 is 5.97 Å². The predicted molar refractivity (Wildman–Crippen MR) is 132 cm³/mol. The van der Waals surface area contributed by atoms with E-state index in [-0.39, 0.29) is 5.56 Å². The summed E-state index contributed by atoms with van der Waals surface area (Å²) in [5.74, 6) is -0.119. The number of aromatic carboxylic acids is 1. The Morgan fingerprint density at radius 3 is 2.55 bits per heavy atom. The Morgan fingerprint density at radius 1 is 1.03 bits per heavy atom. The molecule has 168 valence electrons. The van der Waals surface area contributed by atoms with Crippen LogP contribution >= 0.6 is 0 Å². The van der Waals surface area contributed by atoms with E-state index in [1.54, 1.807) is 13.2 Å². The summed E-state index contributed by atoms with van der Waals surface area (Å²) in [7, 11) is 1.68. The lowest BCUT2D eigenvalue weighted by Crippen LogP contribution is -2.06. The lowest BCUT2D eigenvalue weighted by atomic mass is 10.1. The largest absolute Gasteiger partial charge is 0.478 e. The summed E-state index contributed by atoms with van der Waals surface area (Å²) in [4.78, 5) is 16.6. The fraction of sp³-hybridized carbons (Fsp3) is 0.259. The molecule has 0 saturated carbocycles. The van der Waals surface area contributed by atoms with Gasteiger partial charge < -0.3 is 19.0 Å². The Bertz CT molecular complexity index is 1540. The Labute approximate surface area is 192 Å². The normalized spacial score (nSPS) is 11.8. The van der Waals surface area contributed by atoms with Crippen LogP contribution in [0.15, 0.2) is 48.5 Å². The first-order valence-electron chi connectivity index (χ1n) is 11.2. The first kappa shape index (κ1) is 21.2. The van der Waals surface area contributed by atoms with Crippen LogP contribution in [0.5, 0.6) is 0 Å². The maximum atomic E-state index is 11.7. The summed E-state index contributed by atoms with van der Waals surface area (Å²) in [5, 5.41) is 12.0. The maximum Gasteiger partial charge on any atom is 0.336 e. The standard InChI is InChI=1S/C27H27N3O3/c1-5-29-22-11-9-18(15-21(22)20-8-6-7-16(2)25(20)29)26-28-24-17(3)19(27(31)32)10-12-23(24)30(26)13-14-33-4/h6-12,15H,5,13-14H2,1-4H3,(H,31,32). The van der Waals surface area contributed by atoms with Gasteiger partial charge in [-0.05, 0) is 62.2 Å². The molecule has 0 amide bonds. The van der Waals surface area contributed by atoms with Gasteiger partial charge >= 0.3 is 5.97 Å². The number of para-hydroxylation sites is 1. The highest BCUT2D eigenvalue weighted by Gasteiger charge is 2.19. The highest BCUT2D eigenvalue weighted by atomic mass is 16.5. The molecule has 3 aromatic carbocycles. The zero-order valence-electron chi connectivity index (χ0n) is 19.3. The SMILES string of the molecule is CCn1c2ccc(-c3nc4c(C)c(C(=O)O)ccc4n3CCOC)cc2c2cccc(C)c21. The number of carboxylic acid groups (broad SMARTS) is 1. The summed E-state index contributed by atoms with van der Waals surface area (Å²) in [6.07, 6.45) is 0. The molecule has 0 unspecified atom stereocenters. The van der Waals surface area contributed by atoms with Crippen molar-refractivity contribution in [2.45, 2.75) is 33.9 Å². The number of nitrogens with zero attached hydrogens (tertiary/aromatic N) is 3. The fourth-order valence-electron chi connectivity index (χ4n) is 5.00. The molecule has 2 aromatic heterocycles. The van der Waals surface area contributed by atoms with Gasteiger partial charge in [-0.3, -0.25) is 0 Å². The van der Waals surface area contributed by atoms with E-state index in [1.165, 1.54) is 27.4 Å². The molecule has 1 N–H and O–H groups in total. The Hall–Kier alpha value is -3.64. The molecule has 0 spiro atoms. The first-order chi connectivity index (χ1) is 16.0.